The van der Waals surface area contributed by atoms with Gasteiger partial charge in [0, 0.05) is 12.4 Å². The largest absolute Gasteiger partial charge is 0.462 e. The average molecular weight is 249 g/mol. The standard InChI is InChI=1S/C15H23NO2/c1-13(2)7-5-3-4-6-12-18-15(17)14-8-10-16-11-9-14/h8-11,13H,3-7,12H2,1-2H3. The van der Waals surface area contributed by atoms with Crippen molar-refractivity contribution in [2.45, 2.75) is 46.0 Å². The van der Waals surface area contributed by atoms with E-state index in [9.17, 15) is 4.79 Å². The first-order valence-electron chi connectivity index (χ1n) is 6.77. The van der Waals surface area contributed by atoms with Gasteiger partial charge < -0.3 is 4.74 Å². The molecule has 0 atom stereocenters. The second-order valence-corrected chi connectivity index (χ2v) is 4.97. The molecule has 0 N–H and O–H groups in total. The van der Waals surface area contributed by atoms with Crippen molar-refractivity contribution in [3.8, 4) is 0 Å². The summed E-state index contributed by atoms with van der Waals surface area (Å²) in [5.74, 6) is 0.536. The van der Waals surface area contributed by atoms with Gasteiger partial charge in [0.25, 0.3) is 0 Å². The SMILES string of the molecule is CC(C)CCCCCCOC(=O)c1ccncc1. The molecule has 0 aliphatic heterocycles. The third-order valence-electron chi connectivity index (χ3n) is 2.82. The lowest BCUT2D eigenvalue weighted by Gasteiger charge is -2.05. The zero-order valence-corrected chi connectivity index (χ0v) is 11.4. The van der Waals surface area contributed by atoms with E-state index in [-0.39, 0.29) is 5.97 Å². The van der Waals surface area contributed by atoms with Crippen molar-refractivity contribution in [3.05, 3.63) is 30.1 Å². The zero-order valence-electron chi connectivity index (χ0n) is 11.4. The Morgan fingerprint density at radius 2 is 1.83 bits per heavy atom. The van der Waals surface area contributed by atoms with Gasteiger partial charge in [-0.05, 0) is 24.5 Å². The molecule has 1 rings (SSSR count). The molecule has 0 saturated heterocycles. The number of pyridine rings is 1. The van der Waals surface area contributed by atoms with Crippen LogP contribution >= 0.6 is 0 Å². The maximum Gasteiger partial charge on any atom is 0.338 e. The molecule has 0 unspecified atom stereocenters. The minimum Gasteiger partial charge on any atom is -0.462 e. The lowest BCUT2D eigenvalue weighted by Crippen LogP contribution is -2.06. The first-order valence-corrected chi connectivity index (χ1v) is 6.77. The summed E-state index contributed by atoms with van der Waals surface area (Å²) >= 11 is 0. The van der Waals surface area contributed by atoms with Crippen LogP contribution in [0.1, 0.15) is 56.3 Å². The number of rotatable bonds is 8. The molecule has 0 radical (unpaired) electrons. The zero-order chi connectivity index (χ0) is 13.2. The monoisotopic (exact) mass is 249 g/mol. The fraction of sp³-hybridized carbons (Fsp3) is 0.600. The highest BCUT2D eigenvalue weighted by Gasteiger charge is 2.05. The lowest BCUT2D eigenvalue weighted by molar-refractivity contribution is 0.0497. The number of hydrogen-bond acceptors (Lipinski definition) is 3. The molecule has 0 bridgehead atoms. The number of hydrogen-bond donors (Lipinski definition) is 0. The van der Waals surface area contributed by atoms with E-state index in [0.29, 0.717) is 12.2 Å². The van der Waals surface area contributed by atoms with Gasteiger partial charge in [-0.1, -0.05) is 39.5 Å². The minimum absolute atomic E-state index is 0.250. The summed E-state index contributed by atoms with van der Waals surface area (Å²) in [6.45, 7) is 5.01. The summed E-state index contributed by atoms with van der Waals surface area (Å²) < 4.78 is 5.19. The molecular weight excluding hydrogens is 226 g/mol. The van der Waals surface area contributed by atoms with E-state index in [1.165, 1.54) is 19.3 Å². The number of carbonyl (C=O) groups excluding carboxylic acids is 1. The number of esters is 1. The molecule has 0 amide bonds. The van der Waals surface area contributed by atoms with Crippen LogP contribution in [0.2, 0.25) is 0 Å². The summed E-state index contributed by atoms with van der Waals surface area (Å²) in [6.07, 6.45) is 9.08. The molecule has 0 fully saturated rings. The van der Waals surface area contributed by atoms with Gasteiger partial charge in [0.2, 0.25) is 0 Å². The van der Waals surface area contributed by atoms with Gasteiger partial charge in [-0.25, -0.2) is 4.79 Å². The van der Waals surface area contributed by atoms with E-state index in [4.69, 9.17) is 4.74 Å². The number of unbranched alkanes of at least 4 members (excludes halogenated alkanes) is 3. The fourth-order valence-electron chi connectivity index (χ4n) is 1.74. The maximum atomic E-state index is 11.6. The molecule has 0 aliphatic carbocycles. The molecule has 100 valence electrons. The van der Waals surface area contributed by atoms with Gasteiger partial charge in [-0.2, -0.15) is 0 Å². The predicted octanol–water partition coefficient (Wildman–Crippen LogP) is 3.84. The third kappa shape index (κ3) is 6.38. The molecule has 0 spiro atoms. The van der Waals surface area contributed by atoms with Gasteiger partial charge >= 0.3 is 5.97 Å². The van der Waals surface area contributed by atoms with E-state index in [2.05, 4.69) is 18.8 Å². The third-order valence-corrected chi connectivity index (χ3v) is 2.82. The van der Waals surface area contributed by atoms with Crippen molar-refractivity contribution in [1.29, 1.82) is 0 Å². The summed E-state index contributed by atoms with van der Waals surface area (Å²) in [6, 6.07) is 3.34. The van der Waals surface area contributed by atoms with Crippen LogP contribution in [0.3, 0.4) is 0 Å². The molecule has 0 aromatic carbocycles. The highest BCUT2D eigenvalue weighted by atomic mass is 16.5. The van der Waals surface area contributed by atoms with Crippen LogP contribution in [0.15, 0.2) is 24.5 Å². The van der Waals surface area contributed by atoms with E-state index >= 15 is 0 Å². The Bertz CT molecular complexity index is 336. The van der Waals surface area contributed by atoms with Crippen LogP contribution in [0.5, 0.6) is 0 Å². The second kappa shape index (κ2) is 8.67. The molecule has 3 heteroatoms. The van der Waals surface area contributed by atoms with Crippen molar-refractivity contribution >= 4 is 5.97 Å². The summed E-state index contributed by atoms with van der Waals surface area (Å²) in [5.41, 5.74) is 0.574. The van der Waals surface area contributed by atoms with E-state index in [1.54, 1.807) is 24.5 Å². The van der Waals surface area contributed by atoms with Crippen molar-refractivity contribution in [2.24, 2.45) is 5.92 Å². The highest BCUT2D eigenvalue weighted by Crippen LogP contribution is 2.09. The maximum absolute atomic E-state index is 11.6. The molecule has 1 heterocycles. The fourth-order valence-corrected chi connectivity index (χ4v) is 1.74. The topological polar surface area (TPSA) is 39.2 Å². The van der Waals surface area contributed by atoms with Crippen LogP contribution in [0.25, 0.3) is 0 Å². The quantitative estimate of drug-likeness (QED) is 0.519. The normalized spacial score (nSPS) is 10.6. The van der Waals surface area contributed by atoms with Crippen molar-refractivity contribution < 1.29 is 9.53 Å². The molecule has 18 heavy (non-hydrogen) atoms. The van der Waals surface area contributed by atoms with Crippen LogP contribution in [0, 0.1) is 5.92 Å². The Balaban J connectivity index is 2.03. The number of nitrogens with zero attached hydrogens (tertiary/aromatic N) is 1. The van der Waals surface area contributed by atoms with Crippen LogP contribution in [-0.2, 0) is 4.74 Å². The van der Waals surface area contributed by atoms with Crippen LogP contribution in [-0.4, -0.2) is 17.6 Å². The Morgan fingerprint density at radius 3 is 2.50 bits per heavy atom. The van der Waals surface area contributed by atoms with E-state index in [1.807, 2.05) is 0 Å². The molecule has 3 nitrogen and oxygen atoms in total. The second-order valence-electron chi connectivity index (χ2n) is 4.97. The minimum atomic E-state index is -0.250. The predicted molar refractivity (Wildman–Crippen MR) is 72.4 cm³/mol. The Labute approximate surface area is 110 Å². The summed E-state index contributed by atoms with van der Waals surface area (Å²) in [5, 5.41) is 0. The lowest BCUT2D eigenvalue weighted by atomic mass is 10.0. The molecule has 0 aliphatic rings. The van der Waals surface area contributed by atoms with Crippen molar-refractivity contribution in [3.63, 3.8) is 0 Å². The van der Waals surface area contributed by atoms with Crippen molar-refractivity contribution in [1.82, 2.24) is 4.98 Å². The molecule has 1 aromatic rings. The molecule has 1 aromatic heterocycles. The van der Waals surface area contributed by atoms with Crippen molar-refractivity contribution in [2.75, 3.05) is 6.61 Å². The number of ether oxygens (including phenoxy) is 1. The van der Waals surface area contributed by atoms with Crippen LogP contribution in [0.4, 0.5) is 0 Å². The first kappa shape index (κ1) is 14.7. The van der Waals surface area contributed by atoms with Gasteiger partial charge in [0.05, 0.1) is 12.2 Å². The molecular formula is C15H23NO2. The Morgan fingerprint density at radius 1 is 1.17 bits per heavy atom. The van der Waals surface area contributed by atoms with Gasteiger partial charge in [-0.15, -0.1) is 0 Å². The Hall–Kier alpha value is -1.38. The van der Waals surface area contributed by atoms with E-state index in [0.717, 1.165) is 18.8 Å². The van der Waals surface area contributed by atoms with Gasteiger partial charge in [-0.3, -0.25) is 4.98 Å². The number of carbonyl (C=O) groups is 1. The van der Waals surface area contributed by atoms with Gasteiger partial charge in [0.1, 0.15) is 0 Å². The Kier molecular flexibility index (Phi) is 7.07. The summed E-state index contributed by atoms with van der Waals surface area (Å²) in [4.78, 5) is 15.4. The first-order chi connectivity index (χ1) is 8.70. The van der Waals surface area contributed by atoms with Gasteiger partial charge in [0.15, 0.2) is 0 Å². The van der Waals surface area contributed by atoms with Crippen LogP contribution < -0.4 is 0 Å². The van der Waals surface area contributed by atoms with E-state index < -0.39 is 0 Å². The average Bonchev–Trinajstić information content (AvgIpc) is 2.38. The summed E-state index contributed by atoms with van der Waals surface area (Å²) in [7, 11) is 0. The smallest absolute Gasteiger partial charge is 0.338 e. The number of aromatic nitrogens is 1. The molecule has 0 saturated carbocycles. The highest BCUT2D eigenvalue weighted by molar-refractivity contribution is 5.89.